The number of carbonyl (C=O) groups excluding carboxylic acids is 1. The van der Waals surface area contributed by atoms with Gasteiger partial charge in [-0.15, -0.1) is 0 Å². The molecule has 1 amide bonds. The van der Waals surface area contributed by atoms with Crippen molar-refractivity contribution in [1.82, 2.24) is 15.1 Å². The highest BCUT2D eigenvalue weighted by Gasteiger charge is 2.06. The molecule has 0 saturated carbocycles. The van der Waals surface area contributed by atoms with Gasteiger partial charge in [-0.1, -0.05) is 6.92 Å². The number of aryl methyl sites for hydroxylation is 1. The molecular formula is C10H18N4O. The highest BCUT2D eigenvalue weighted by atomic mass is 16.1. The Labute approximate surface area is 89.6 Å². The number of aromatic nitrogens is 2. The summed E-state index contributed by atoms with van der Waals surface area (Å²) in [5.74, 6) is -0.387. The molecule has 0 fully saturated rings. The Bertz CT molecular complexity index is 321. The van der Waals surface area contributed by atoms with Crippen LogP contribution in [0.5, 0.6) is 0 Å². The lowest BCUT2D eigenvalue weighted by Gasteiger charge is -2.08. The third-order valence-electron chi connectivity index (χ3n) is 2.22. The van der Waals surface area contributed by atoms with Crippen LogP contribution in [0.4, 0.5) is 0 Å². The number of primary amides is 1. The third-order valence-corrected chi connectivity index (χ3v) is 2.22. The van der Waals surface area contributed by atoms with Crippen LogP contribution >= 0.6 is 0 Å². The fraction of sp³-hybridized carbons (Fsp3) is 0.600. The summed E-state index contributed by atoms with van der Waals surface area (Å²) in [6.45, 7) is 6.03. The molecule has 5 heteroatoms. The van der Waals surface area contributed by atoms with Gasteiger partial charge in [0.15, 0.2) is 0 Å². The van der Waals surface area contributed by atoms with Gasteiger partial charge in [-0.2, -0.15) is 5.10 Å². The van der Waals surface area contributed by atoms with E-state index in [9.17, 15) is 4.79 Å². The maximum Gasteiger partial charge on any atom is 0.221 e. The molecule has 0 saturated heterocycles. The zero-order chi connectivity index (χ0) is 11.3. The molecule has 5 nitrogen and oxygen atoms in total. The molecule has 0 radical (unpaired) electrons. The van der Waals surface area contributed by atoms with Crippen LogP contribution in [-0.4, -0.2) is 28.8 Å². The number of hydrogen-bond acceptors (Lipinski definition) is 3. The fourth-order valence-electron chi connectivity index (χ4n) is 1.20. The Morgan fingerprint density at radius 3 is 3.00 bits per heavy atom. The highest BCUT2D eigenvalue weighted by Crippen LogP contribution is 1.93. The summed E-state index contributed by atoms with van der Waals surface area (Å²) in [6.07, 6.45) is 3.81. The molecule has 0 aromatic carbocycles. The van der Waals surface area contributed by atoms with Crippen molar-refractivity contribution in [2.24, 2.45) is 11.7 Å². The van der Waals surface area contributed by atoms with Crippen molar-refractivity contribution in [3.8, 4) is 0 Å². The standard InChI is InChI=1S/C10H18N4O/c1-8-5-13-14(7-8)4-3-12-6-9(2)10(11)15/h5,7,9,12H,3-4,6H2,1-2H3,(H2,11,15). The summed E-state index contributed by atoms with van der Waals surface area (Å²) >= 11 is 0. The smallest absolute Gasteiger partial charge is 0.221 e. The van der Waals surface area contributed by atoms with Gasteiger partial charge in [0.05, 0.1) is 12.7 Å². The minimum absolute atomic E-state index is 0.121. The fourth-order valence-corrected chi connectivity index (χ4v) is 1.20. The van der Waals surface area contributed by atoms with Crippen molar-refractivity contribution in [3.05, 3.63) is 18.0 Å². The van der Waals surface area contributed by atoms with E-state index < -0.39 is 0 Å². The molecule has 1 atom stereocenters. The van der Waals surface area contributed by atoms with Crippen LogP contribution in [0, 0.1) is 12.8 Å². The summed E-state index contributed by atoms with van der Waals surface area (Å²) in [4.78, 5) is 10.7. The van der Waals surface area contributed by atoms with E-state index in [0.29, 0.717) is 6.54 Å². The first-order valence-corrected chi connectivity index (χ1v) is 5.08. The van der Waals surface area contributed by atoms with Gasteiger partial charge in [0.2, 0.25) is 5.91 Å². The SMILES string of the molecule is Cc1cnn(CCNCC(C)C(N)=O)c1. The molecule has 1 heterocycles. The zero-order valence-corrected chi connectivity index (χ0v) is 9.23. The van der Waals surface area contributed by atoms with Gasteiger partial charge in [0.1, 0.15) is 0 Å². The molecule has 84 valence electrons. The molecule has 3 N–H and O–H groups in total. The Morgan fingerprint density at radius 1 is 1.73 bits per heavy atom. The highest BCUT2D eigenvalue weighted by molar-refractivity contribution is 5.76. The molecule has 1 aromatic heterocycles. The van der Waals surface area contributed by atoms with Gasteiger partial charge in [0.25, 0.3) is 0 Å². The maximum atomic E-state index is 10.7. The van der Waals surface area contributed by atoms with Gasteiger partial charge >= 0.3 is 0 Å². The summed E-state index contributed by atoms with van der Waals surface area (Å²) in [5, 5.41) is 7.32. The van der Waals surface area contributed by atoms with Gasteiger partial charge < -0.3 is 11.1 Å². The minimum Gasteiger partial charge on any atom is -0.369 e. The molecule has 0 spiro atoms. The predicted molar refractivity (Wildman–Crippen MR) is 58.2 cm³/mol. The average molecular weight is 210 g/mol. The summed E-state index contributed by atoms with van der Waals surface area (Å²) in [5.41, 5.74) is 6.29. The number of nitrogens with zero attached hydrogens (tertiary/aromatic N) is 2. The van der Waals surface area contributed by atoms with Crippen molar-refractivity contribution in [1.29, 1.82) is 0 Å². The molecule has 0 aliphatic rings. The van der Waals surface area contributed by atoms with Crippen molar-refractivity contribution < 1.29 is 4.79 Å². The number of nitrogens with one attached hydrogen (secondary N) is 1. The lowest BCUT2D eigenvalue weighted by atomic mass is 10.2. The van der Waals surface area contributed by atoms with Crippen LogP contribution in [-0.2, 0) is 11.3 Å². The van der Waals surface area contributed by atoms with Crippen molar-refractivity contribution in [2.75, 3.05) is 13.1 Å². The lowest BCUT2D eigenvalue weighted by Crippen LogP contribution is -2.32. The topological polar surface area (TPSA) is 72.9 Å². The molecule has 0 bridgehead atoms. The lowest BCUT2D eigenvalue weighted by molar-refractivity contribution is -0.121. The van der Waals surface area contributed by atoms with E-state index in [4.69, 9.17) is 5.73 Å². The summed E-state index contributed by atoms with van der Waals surface area (Å²) in [7, 11) is 0. The van der Waals surface area contributed by atoms with Gasteiger partial charge in [-0.05, 0) is 12.5 Å². The molecule has 1 unspecified atom stereocenters. The first-order valence-electron chi connectivity index (χ1n) is 5.08. The van der Waals surface area contributed by atoms with Gasteiger partial charge in [0, 0.05) is 25.2 Å². The Balaban J connectivity index is 2.14. The van der Waals surface area contributed by atoms with E-state index in [1.807, 2.05) is 30.9 Å². The largest absolute Gasteiger partial charge is 0.369 e. The number of rotatable bonds is 6. The van der Waals surface area contributed by atoms with Crippen LogP contribution in [0.3, 0.4) is 0 Å². The monoisotopic (exact) mass is 210 g/mol. The van der Waals surface area contributed by atoms with Crippen LogP contribution in [0.1, 0.15) is 12.5 Å². The first-order chi connectivity index (χ1) is 7.09. The van der Waals surface area contributed by atoms with E-state index in [-0.39, 0.29) is 11.8 Å². The summed E-state index contributed by atoms with van der Waals surface area (Å²) in [6, 6.07) is 0. The second-order valence-electron chi connectivity index (χ2n) is 3.79. The quantitative estimate of drug-likeness (QED) is 0.644. The number of hydrogen-bond donors (Lipinski definition) is 2. The van der Waals surface area contributed by atoms with Crippen LogP contribution < -0.4 is 11.1 Å². The molecule has 0 aliphatic heterocycles. The number of nitrogens with two attached hydrogens (primary N) is 1. The molecule has 15 heavy (non-hydrogen) atoms. The van der Waals surface area contributed by atoms with E-state index >= 15 is 0 Å². The maximum absolute atomic E-state index is 10.7. The van der Waals surface area contributed by atoms with Gasteiger partial charge in [-0.3, -0.25) is 9.48 Å². The third kappa shape index (κ3) is 4.12. The first kappa shape index (κ1) is 11.7. The summed E-state index contributed by atoms with van der Waals surface area (Å²) < 4.78 is 1.87. The number of amides is 1. The Kier molecular flexibility index (Phi) is 4.30. The minimum atomic E-state index is -0.266. The normalized spacial score (nSPS) is 12.7. The molecule has 1 aromatic rings. The average Bonchev–Trinajstić information content (AvgIpc) is 2.58. The number of carbonyl (C=O) groups is 1. The van der Waals surface area contributed by atoms with E-state index in [2.05, 4.69) is 10.4 Å². The Hall–Kier alpha value is -1.36. The van der Waals surface area contributed by atoms with Crippen LogP contribution in [0.15, 0.2) is 12.4 Å². The van der Waals surface area contributed by atoms with Gasteiger partial charge in [-0.25, -0.2) is 0 Å². The van der Waals surface area contributed by atoms with E-state index in [1.54, 1.807) is 0 Å². The zero-order valence-electron chi connectivity index (χ0n) is 9.23. The Morgan fingerprint density at radius 2 is 2.47 bits per heavy atom. The van der Waals surface area contributed by atoms with Crippen LogP contribution in [0.25, 0.3) is 0 Å². The van der Waals surface area contributed by atoms with Crippen molar-refractivity contribution in [2.45, 2.75) is 20.4 Å². The predicted octanol–water partition coefficient (Wildman–Crippen LogP) is -0.0975. The molecule has 0 aliphatic carbocycles. The van der Waals surface area contributed by atoms with E-state index in [0.717, 1.165) is 18.7 Å². The molecular weight excluding hydrogens is 192 g/mol. The second-order valence-corrected chi connectivity index (χ2v) is 3.79. The van der Waals surface area contributed by atoms with Crippen molar-refractivity contribution >= 4 is 5.91 Å². The van der Waals surface area contributed by atoms with Crippen molar-refractivity contribution in [3.63, 3.8) is 0 Å². The second kappa shape index (κ2) is 5.50. The van der Waals surface area contributed by atoms with Crippen LogP contribution in [0.2, 0.25) is 0 Å². The van der Waals surface area contributed by atoms with E-state index in [1.165, 1.54) is 0 Å². The molecule has 1 rings (SSSR count).